The zero-order valence-electron chi connectivity index (χ0n) is 9.17. The Hall–Kier alpha value is -1.46. The van der Waals surface area contributed by atoms with E-state index in [1.807, 2.05) is 0 Å². The minimum absolute atomic E-state index is 0.0724. The van der Waals surface area contributed by atoms with E-state index in [-0.39, 0.29) is 16.6 Å². The molecule has 5 heteroatoms. The summed E-state index contributed by atoms with van der Waals surface area (Å²) in [5, 5.41) is 4.98. The van der Waals surface area contributed by atoms with Gasteiger partial charge >= 0.3 is 0 Å². The van der Waals surface area contributed by atoms with Gasteiger partial charge in [0.25, 0.3) is 0 Å². The molecule has 1 aromatic rings. The summed E-state index contributed by atoms with van der Waals surface area (Å²) in [6.07, 6.45) is 5.19. The molecule has 1 saturated carbocycles. The number of carbonyl (C=O) groups is 1. The molecule has 0 atom stereocenters. The smallest absolute Gasteiger partial charge is 0.238 e. The molecule has 0 spiro atoms. The van der Waals surface area contributed by atoms with E-state index in [1.165, 1.54) is 12.1 Å². The molecule has 90 valence electrons. The maximum atomic E-state index is 11.4. The first-order valence-corrected chi connectivity index (χ1v) is 6.86. The fraction of sp³-hybridized carbons (Fsp3) is 0.250. The lowest BCUT2D eigenvalue weighted by Crippen LogP contribution is -2.11. The van der Waals surface area contributed by atoms with E-state index in [0.29, 0.717) is 0 Å². The number of nitrogens with two attached hydrogens (primary N) is 1. The Morgan fingerprint density at radius 2 is 1.82 bits per heavy atom. The number of ketones is 1. The quantitative estimate of drug-likeness (QED) is 0.820. The van der Waals surface area contributed by atoms with Gasteiger partial charge in [-0.05, 0) is 36.6 Å². The van der Waals surface area contributed by atoms with Gasteiger partial charge in [-0.1, -0.05) is 18.2 Å². The van der Waals surface area contributed by atoms with Crippen molar-refractivity contribution >= 4 is 21.9 Å². The summed E-state index contributed by atoms with van der Waals surface area (Å²) < 4.78 is 22.0. The van der Waals surface area contributed by atoms with Gasteiger partial charge in [-0.2, -0.15) is 0 Å². The zero-order chi connectivity index (χ0) is 12.5. The first-order chi connectivity index (χ1) is 7.97. The molecule has 0 radical (unpaired) electrons. The standard InChI is InChI=1S/C12H13NO3S/c13-17(15,16)11-6-1-9(2-7-11)3-8-12(14)10-4-5-10/h1-3,6-8,10H,4-5H2,(H2,13,15,16)/b8-3+. The molecule has 17 heavy (non-hydrogen) atoms. The van der Waals surface area contributed by atoms with Crippen LogP contribution < -0.4 is 5.14 Å². The molecule has 1 aliphatic rings. The second kappa shape index (κ2) is 4.43. The van der Waals surface area contributed by atoms with Gasteiger partial charge in [0, 0.05) is 5.92 Å². The Balaban J connectivity index is 2.10. The van der Waals surface area contributed by atoms with Crippen molar-refractivity contribution in [1.82, 2.24) is 0 Å². The van der Waals surface area contributed by atoms with Crippen molar-refractivity contribution in [3.05, 3.63) is 35.9 Å². The molecule has 1 aliphatic carbocycles. The molecule has 1 fully saturated rings. The molecular weight excluding hydrogens is 238 g/mol. The molecule has 0 aliphatic heterocycles. The molecule has 0 heterocycles. The minimum atomic E-state index is -3.65. The van der Waals surface area contributed by atoms with Gasteiger partial charge in [-0.15, -0.1) is 0 Å². The number of hydrogen-bond donors (Lipinski definition) is 1. The Morgan fingerprint density at radius 3 is 2.29 bits per heavy atom. The Kier molecular flexibility index (Phi) is 3.13. The van der Waals surface area contributed by atoms with Gasteiger partial charge < -0.3 is 0 Å². The van der Waals surface area contributed by atoms with Crippen molar-refractivity contribution in [3.63, 3.8) is 0 Å². The fourth-order valence-corrected chi connectivity index (χ4v) is 1.97. The highest BCUT2D eigenvalue weighted by Gasteiger charge is 2.27. The summed E-state index contributed by atoms with van der Waals surface area (Å²) in [5.74, 6) is 0.343. The molecule has 1 aromatic carbocycles. The van der Waals surface area contributed by atoms with Crippen LogP contribution >= 0.6 is 0 Å². The summed E-state index contributed by atoms with van der Waals surface area (Å²) in [6.45, 7) is 0. The van der Waals surface area contributed by atoms with Crippen LogP contribution in [-0.2, 0) is 14.8 Å². The fourth-order valence-electron chi connectivity index (χ4n) is 1.45. The third kappa shape index (κ3) is 3.25. The molecular formula is C12H13NO3S. The first-order valence-electron chi connectivity index (χ1n) is 5.31. The Labute approximate surface area is 100 Å². The van der Waals surface area contributed by atoms with E-state index < -0.39 is 10.0 Å². The van der Waals surface area contributed by atoms with E-state index in [1.54, 1.807) is 24.3 Å². The van der Waals surface area contributed by atoms with Gasteiger partial charge in [-0.25, -0.2) is 13.6 Å². The van der Waals surface area contributed by atoms with Crippen LogP contribution in [0.1, 0.15) is 18.4 Å². The van der Waals surface area contributed by atoms with Gasteiger partial charge in [0.2, 0.25) is 10.0 Å². The zero-order valence-corrected chi connectivity index (χ0v) is 9.98. The lowest BCUT2D eigenvalue weighted by Gasteiger charge is -1.98. The number of carbonyl (C=O) groups excluding carboxylic acids is 1. The molecule has 0 unspecified atom stereocenters. The Morgan fingerprint density at radius 1 is 1.24 bits per heavy atom. The van der Waals surface area contributed by atoms with E-state index in [9.17, 15) is 13.2 Å². The molecule has 2 N–H and O–H groups in total. The number of benzene rings is 1. The van der Waals surface area contributed by atoms with Gasteiger partial charge in [0.15, 0.2) is 5.78 Å². The average Bonchev–Trinajstić information content (AvgIpc) is 3.09. The number of rotatable bonds is 4. The highest BCUT2D eigenvalue weighted by molar-refractivity contribution is 7.89. The maximum absolute atomic E-state index is 11.4. The average molecular weight is 251 g/mol. The van der Waals surface area contributed by atoms with Crippen LogP contribution in [0, 0.1) is 5.92 Å². The van der Waals surface area contributed by atoms with Crippen LogP contribution in [0.15, 0.2) is 35.2 Å². The summed E-state index contributed by atoms with van der Waals surface area (Å²) in [6, 6.07) is 6.10. The molecule has 4 nitrogen and oxygen atoms in total. The molecule has 0 saturated heterocycles. The predicted octanol–water partition coefficient (Wildman–Crippen LogP) is 1.33. The minimum Gasteiger partial charge on any atom is -0.295 e. The maximum Gasteiger partial charge on any atom is 0.238 e. The normalized spacial score (nSPS) is 16.3. The van der Waals surface area contributed by atoms with Crippen molar-refractivity contribution in [3.8, 4) is 0 Å². The second-order valence-electron chi connectivity index (χ2n) is 4.12. The Bertz CT molecular complexity index is 554. The van der Waals surface area contributed by atoms with Crippen LogP contribution in [-0.4, -0.2) is 14.2 Å². The largest absolute Gasteiger partial charge is 0.295 e. The second-order valence-corrected chi connectivity index (χ2v) is 5.69. The van der Waals surface area contributed by atoms with Gasteiger partial charge in [0.05, 0.1) is 4.90 Å². The molecule has 2 rings (SSSR count). The van der Waals surface area contributed by atoms with Crippen molar-refractivity contribution < 1.29 is 13.2 Å². The summed E-state index contributed by atoms with van der Waals surface area (Å²) >= 11 is 0. The third-order valence-corrected chi connectivity index (χ3v) is 3.56. The lowest BCUT2D eigenvalue weighted by molar-refractivity contribution is -0.115. The number of allylic oxidation sites excluding steroid dienone is 1. The van der Waals surface area contributed by atoms with Crippen molar-refractivity contribution in [2.75, 3.05) is 0 Å². The van der Waals surface area contributed by atoms with E-state index in [0.717, 1.165) is 18.4 Å². The highest BCUT2D eigenvalue weighted by atomic mass is 32.2. The number of hydrogen-bond acceptors (Lipinski definition) is 3. The van der Waals surface area contributed by atoms with E-state index >= 15 is 0 Å². The van der Waals surface area contributed by atoms with Crippen LogP contribution in [0.4, 0.5) is 0 Å². The van der Waals surface area contributed by atoms with Gasteiger partial charge in [-0.3, -0.25) is 4.79 Å². The van der Waals surface area contributed by atoms with E-state index in [2.05, 4.69) is 0 Å². The van der Waals surface area contributed by atoms with Crippen molar-refractivity contribution in [2.45, 2.75) is 17.7 Å². The SMILES string of the molecule is NS(=O)(=O)c1ccc(/C=C/C(=O)C2CC2)cc1. The van der Waals surface area contributed by atoms with E-state index in [4.69, 9.17) is 5.14 Å². The molecule has 0 bridgehead atoms. The van der Waals surface area contributed by atoms with Gasteiger partial charge in [0.1, 0.15) is 0 Å². The van der Waals surface area contributed by atoms with Crippen LogP contribution in [0.5, 0.6) is 0 Å². The predicted molar refractivity (Wildman–Crippen MR) is 64.6 cm³/mol. The van der Waals surface area contributed by atoms with Crippen LogP contribution in [0.3, 0.4) is 0 Å². The van der Waals surface area contributed by atoms with Crippen LogP contribution in [0.25, 0.3) is 6.08 Å². The lowest BCUT2D eigenvalue weighted by atomic mass is 10.1. The topological polar surface area (TPSA) is 77.2 Å². The number of primary sulfonamides is 1. The van der Waals surface area contributed by atoms with Crippen molar-refractivity contribution in [1.29, 1.82) is 0 Å². The van der Waals surface area contributed by atoms with Crippen LogP contribution in [0.2, 0.25) is 0 Å². The summed E-state index contributed by atoms with van der Waals surface area (Å²) in [7, 11) is -3.65. The number of sulfonamides is 1. The third-order valence-electron chi connectivity index (χ3n) is 2.63. The summed E-state index contributed by atoms with van der Waals surface area (Å²) in [5.41, 5.74) is 0.784. The monoisotopic (exact) mass is 251 g/mol. The first kappa shape index (κ1) is 12.0. The highest BCUT2D eigenvalue weighted by Crippen LogP contribution is 2.30. The summed E-state index contributed by atoms with van der Waals surface area (Å²) in [4.78, 5) is 11.5. The van der Waals surface area contributed by atoms with Crippen molar-refractivity contribution in [2.24, 2.45) is 11.1 Å². The molecule has 0 amide bonds. The molecule has 0 aromatic heterocycles.